The van der Waals surface area contributed by atoms with Gasteiger partial charge in [0.05, 0.1) is 18.2 Å². The molecule has 3 aromatic rings. The lowest BCUT2D eigenvalue weighted by Crippen LogP contribution is -2.47. The standard InChI is InChI=1S/C31H36FN5O3S/c1-3-40-30(39)25-7-6-14-37(20-25)29(38)24-12-10-23(11-13-24)21-41-31-33-22(2)19-28(34-31)36-17-15-35(16-18-36)27-9-5-4-8-26(27)32/h4-5,8-13,19,25H,3,6-7,14-18,20-21H2,1-2H3/t25-/m1/s1. The van der Waals surface area contributed by atoms with Crippen molar-refractivity contribution in [3.8, 4) is 0 Å². The Kier molecular flexibility index (Phi) is 9.38. The molecule has 41 heavy (non-hydrogen) atoms. The van der Waals surface area contributed by atoms with Crippen molar-refractivity contribution >= 4 is 35.1 Å². The molecule has 2 saturated heterocycles. The highest BCUT2D eigenvalue weighted by Gasteiger charge is 2.30. The van der Waals surface area contributed by atoms with Crippen LogP contribution in [0.15, 0.2) is 59.8 Å². The molecule has 0 saturated carbocycles. The third-order valence-corrected chi connectivity index (χ3v) is 8.43. The number of piperidine rings is 1. The number of ether oxygens (including phenoxy) is 1. The monoisotopic (exact) mass is 577 g/mol. The fourth-order valence-electron chi connectivity index (χ4n) is 5.32. The van der Waals surface area contributed by atoms with Gasteiger partial charge in [-0.3, -0.25) is 9.59 Å². The van der Waals surface area contributed by atoms with E-state index >= 15 is 0 Å². The second-order valence-electron chi connectivity index (χ2n) is 10.4. The highest BCUT2D eigenvalue weighted by molar-refractivity contribution is 7.98. The average Bonchev–Trinajstić information content (AvgIpc) is 3.00. The van der Waals surface area contributed by atoms with E-state index in [0.29, 0.717) is 41.9 Å². The van der Waals surface area contributed by atoms with E-state index in [9.17, 15) is 14.0 Å². The summed E-state index contributed by atoms with van der Waals surface area (Å²) in [6.07, 6.45) is 1.55. The van der Waals surface area contributed by atoms with Crippen molar-refractivity contribution < 1.29 is 18.7 Å². The molecule has 0 unspecified atom stereocenters. The molecule has 8 nitrogen and oxygen atoms in total. The highest BCUT2D eigenvalue weighted by atomic mass is 32.2. The third-order valence-electron chi connectivity index (χ3n) is 7.51. The Labute approximate surface area is 244 Å². The topological polar surface area (TPSA) is 78.9 Å². The Morgan fingerprint density at radius 3 is 2.46 bits per heavy atom. The number of aromatic nitrogens is 2. The summed E-state index contributed by atoms with van der Waals surface area (Å²) in [5.41, 5.74) is 3.23. The summed E-state index contributed by atoms with van der Waals surface area (Å²) in [7, 11) is 0. The van der Waals surface area contributed by atoms with Gasteiger partial charge in [-0.05, 0) is 56.5 Å². The van der Waals surface area contributed by atoms with E-state index in [4.69, 9.17) is 9.72 Å². The van der Waals surface area contributed by atoms with Gasteiger partial charge in [-0.25, -0.2) is 14.4 Å². The Morgan fingerprint density at radius 2 is 1.73 bits per heavy atom. The number of anilines is 2. The quantitative estimate of drug-likeness (QED) is 0.211. The first kappa shape index (κ1) is 28.9. The van der Waals surface area contributed by atoms with Crippen LogP contribution < -0.4 is 9.80 Å². The van der Waals surface area contributed by atoms with E-state index in [1.54, 1.807) is 29.7 Å². The molecule has 0 radical (unpaired) electrons. The van der Waals surface area contributed by atoms with Crippen LogP contribution in [0.2, 0.25) is 0 Å². The largest absolute Gasteiger partial charge is 0.466 e. The molecule has 2 aliphatic rings. The number of para-hydroxylation sites is 1. The van der Waals surface area contributed by atoms with Crippen molar-refractivity contribution in [3.05, 3.63) is 77.2 Å². The summed E-state index contributed by atoms with van der Waals surface area (Å²) in [6.45, 7) is 8.12. The Hall–Kier alpha value is -3.66. The molecule has 0 aliphatic carbocycles. The maximum Gasteiger partial charge on any atom is 0.310 e. The summed E-state index contributed by atoms with van der Waals surface area (Å²) >= 11 is 1.56. The van der Waals surface area contributed by atoms with Gasteiger partial charge in [-0.15, -0.1) is 0 Å². The van der Waals surface area contributed by atoms with Crippen LogP contribution in [-0.2, 0) is 15.3 Å². The third kappa shape index (κ3) is 7.16. The molecule has 3 heterocycles. The second kappa shape index (κ2) is 13.3. The lowest BCUT2D eigenvalue weighted by molar-refractivity contribution is -0.149. The lowest BCUT2D eigenvalue weighted by Gasteiger charge is -2.37. The number of hydrogen-bond acceptors (Lipinski definition) is 8. The first-order chi connectivity index (χ1) is 19.9. The number of likely N-dealkylation sites (tertiary alicyclic amines) is 1. The number of halogens is 1. The number of hydrogen-bond donors (Lipinski definition) is 0. The normalized spacial score (nSPS) is 17.4. The number of aryl methyl sites for hydroxylation is 1. The molecule has 1 aromatic heterocycles. The van der Waals surface area contributed by atoms with Gasteiger partial charge in [0, 0.05) is 62.3 Å². The zero-order valence-corrected chi connectivity index (χ0v) is 24.4. The van der Waals surface area contributed by atoms with Crippen LogP contribution in [0.5, 0.6) is 0 Å². The van der Waals surface area contributed by atoms with Gasteiger partial charge in [0.15, 0.2) is 5.16 Å². The van der Waals surface area contributed by atoms with Gasteiger partial charge >= 0.3 is 5.97 Å². The summed E-state index contributed by atoms with van der Waals surface area (Å²) < 4.78 is 19.4. The Morgan fingerprint density at radius 1 is 1.00 bits per heavy atom. The van der Waals surface area contributed by atoms with E-state index in [1.807, 2.05) is 49.4 Å². The van der Waals surface area contributed by atoms with E-state index in [-0.39, 0.29) is 23.6 Å². The van der Waals surface area contributed by atoms with Crippen LogP contribution in [0.1, 0.15) is 41.4 Å². The number of benzene rings is 2. The molecule has 2 fully saturated rings. The maximum atomic E-state index is 14.2. The number of carbonyl (C=O) groups is 2. The number of amides is 1. The summed E-state index contributed by atoms with van der Waals surface area (Å²) in [5, 5.41) is 0.704. The number of piperazine rings is 1. The molecule has 2 aliphatic heterocycles. The number of thioether (sulfide) groups is 1. The minimum Gasteiger partial charge on any atom is -0.466 e. The van der Waals surface area contributed by atoms with Gasteiger partial charge in [-0.1, -0.05) is 36.0 Å². The Bertz CT molecular complexity index is 1360. The minimum absolute atomic E-state index is 0.0556. The van der Waals surface area contributed by atoms with Crippen molar-refractivity contribution in [3.63, 3.8) is 0 Å². The van der Waals surface area contributed by atoms with Crippen molar-refractivity contribution in [2.24, 2.45) is 5.92 Å². The molecule has 1 atom stereocenters. The SMILES string of the molecule is CCOC(=O)[C@@H]1CCCN(C(=O)c2ccc(CSc3nc(C)cc(N4CCN(c5ccccc5F)CC4)n3)cc2)C1. The summed E-state index contributed by atoms with van der Waals surface area (Å²) in [6, 6.07) is 16.5. The van der Waals surface area contributed by atoms with E-state index in [0.717, 1.165) is 56.1 Å². The molecular formula is C31H36FN5O3S. The van der Waals surface area contributed by atoms with E-state index < -0.39 is 0 Å². The lowest BCUT2D eigenvalue weighted by atomic mass is 9.97. The summed E-state index contributed by atoms with van der Waals surface area (Å²) in [5.74, 6) is 0.843. The average molecular weight is 578 g/mol. The van der Waals surface area contributed by atoms with Crippen LogP contribution in [0.4, 0.5) is 15.9 Å². The fourth-order valence-corrected chi connectivity index (χ4v) is 6.18. The fraction of sp³-hybridized carbons (Fsp3) is 0.419. The van der Waals surface area contributed by atoms with E-state index in [2.05, 4.69) is 14.8 Å². The van der Waals surface area contributed by atoms with Gasteiger partial charge in [0.2, 0.25) is 0 Å². The van der Waals surface area contributed by atoms with Gasteiger partial charge in [0.25, 0.3) is 5.91 Å². The molecule has 5 rings (SSSR count). The zero-order chi connectivity index (χ0) is 28.8. The van der Waals surface area contributed by atoms with Crippen LogP contribution >= 0.6 is 11.8 Å². The van der Waals surface area contributed by atoms with Gasteiger partial charge in [-0.2, -0.15) is 0 Å². The molecular weight excluding hydrogens is 541 g/mol. The number of nitrogens with zero attached hydrogens (tertiary/aromatic N) is 5. The molecule has 216 valence electrons. The molecule has 10 heteroatoms. The van der Waals surface area contributed by atoms with Crippen molar-refractivity contribution in [2.75, 3.05) is 55.7 Å². The van der Waals surface area contributed by atoms with Crippen molar-refractivity contribution in [1.29, 1.82) is 0 Å². The maximum absolute atomic E-state index is 14.2. The highest BCUT2D eigenvalue weighted by Crippen LogP contribution is 2.26. The smallest absolute Gasteiger partial charge is 0.310 e. The van der Waals surface area contributed by atoms with Crippen LogP contribution in [0.3, 0.4) is 0 Å². The van der Waals surface area contributed by atoms with Crippen LogP contribution in [0, 0.1) is 18.7 Å². The number of carbonyl (C=O) groups excluding carboxylic acids is 2. The number of rotatable bonds is 8. The zero-order valence-electron chi connectivity index (χ0n) is 23.6. The minimum atomic E-state index is -0.252. The first-order valence-corrected chi connectivity index (χ1v) is 15.2. The molecule has 0 N–H and O–H groups in total. The molecule has 0 bridgehead atoms. The molecule has 0 spiro atoms. The van der Waals surface area contributed by atoms with Crippen molar-refractivity contribution in [1.82, 2.24) is 14.9 Å². The predicted molar refractivity (Wildman–Crippen MR) is 159 cm³/mol. The van der Waals surface area contributed by atoms with Crippen LogP contribution in [-0.4, -0.2) is 72.6 Å². The van der Waals surface area contributed by atoms with Gasteiger partial charge in [0.1, 0.15) is 11.6 Å². The molecule has 2 aromatic carbocycles. The van der Waals surface area contributed by atoms with E-state index in [1.165, 1.54) is 6.07 Å². The molecule has 1 amide bonds. The first-order valence-electron chi connectivity index (χ1n) is 14.2. The summed E-state index contributed by atoms with van der Waals surface area (Å²) in [4.78, 5) is 40.7. The second-order valence-corrected chi connectivity index (χ2v) is 11.3. The van der Waals surface area contributed by atoms with Crippen LogP contribution in [0.25, 0.3) is 0 Å². The van der Waals surface area contributed by atoms with Crippen molar-refractivity contribution in [2.45, 2.75) is 37.6 Å². The predicted octanol–water partition coefficient (Wildman–Crippen LogP) is 4.96. The Balaban J connectivity index is 1.16. The van der Waals surface area contributed by atoms with Gasteiger partial charge < -0.3 is 19.4 Å². The number of esters is 1.